The molecule has 3 N–H and O–H groups in total. The average molecular weight is 198 g/mol. The second-order valence-corrected chi connectivity index (χ2v) is 3.22. The fraction of sp³-hybridized carbons (Fsp3) is 0.0769. The van der Waals surface area contributed by atoms with Crippen LogP contribution in [0.5, 0.6) is 0 Å². The van der Waals surface area contributed by atoms with Gasteiger partial charge in [0.25, 0.3) is 0 Å². The first-order valence-corrected chi connectivity index (χ1v) is 4.98. The van der Waals surface area contributed by atoms with Gasteiger partial charge in [0.15, 0.2) is 0 Å². The third-order valence-electron chi connectivity index (χ3n) is 2.41. The SMILES string of the molecule is CN.c1ccc2c(c1)[nH]c1ccccc12. The third-order valence-corrected chi connectivity index (χ3v) is 2.41. The smallest absolute Gasteiger partial charge is 0.0464 e. The van der Waals surface area contributed by atoms with Crippen LogP contribution < -0.4 is 5.73 Å². The lowest BCUT2D eigenvalue weighted by Gasteiger charge is -1.87. The van der Waals surface area contributed by atoms with Gasteiger partial charge in [-0.05, 0) is 19.2 Å². The van der Waals surface area contributed by atoms with Crippen molar-refractivity contribution in [1.82, 2.24) is 4.98 Å². The van der Waals surface area contributed by atoms with Crippen molar-refractivity contribution in [3.05, 3.63) is 48.5 Å². The zero-order valence-electron chi connectivity index (χ0n) is 8.70. The number of aromatic nitrogens is 1. The second kappa shape index (κ2) is 4.15. The Bertz CT molecular complexity index is 516. The fourth-order valence-electron chi connectivity index (χ4n) is 1.80. The van der Waals surface area contributed by atoms with E-state index in [9.17, 15) is 0 Å². The van der Waals surface area contributed by atoms with Gasteiger partial charge in [-0.25, -0.2) is 0 Å². The van der Waals surface area contributed by atoms with Gasteiger partial charge in [0.1, 0.15) is 0 Å². The summed E-state index contributed by atoms with van der Waals surface area (Å²) in [7, 11) is 1.50. The van der Waals surface area contributed by atoms with Gasteiger partial charge in [0, 0.05) is 21.8 Å². The number of rotatable bonds is 0. The van der Waals surface area contributed by atoms with Crippen LogP contribution in [0.2, 0.25) is 0 Å². The molecule has 2 heteroatoms. The summed E-state index contributed by atoms with van der Waals surface area (Å²) < 4.78 is 0. The molecular weight excluding hydrogens is 184 g/mol. The van der Waals surface area contributed by atoms with Crippen molar-refractivity contribution in [2.24, 2.45) is 5.73 Å². The molecule has 1 heterocycles. The van der Waals surface area contributed by atoms with Crippen molar-refractivity contribution in [3.63, 3.8) is 0 Å². The summed E-state index contributed by atoms with van der Waals surface area (Å²) in [5.74, 6) is 0. The molecule has 2 nitrogen and oxygen atoms in total. The summed E-state index contributed by atoms with van der Waals surface area (Å²) in [5, 5.41) is 2.61. The van der Waals surface area contributed by atoms with Gasteiger partial charge in [0.2, 0.25) is 0 Å². The molecule has 0 radical (unpaired) electrons. The highest BCUT2D eigenvalue weighted by Crippen LogP contribution is 2.24. The topological polar surface area (TPSA) is 41.8 Å². The third kappa shape index (κ3) is 1.60. The van der Waals surface area contributed by atoms with Crippen LogP contribution in [-0.2, 0) is 0 Å². The number of H-pyrrole nitrogens is 1. The minimum atomic E-state index is 1.21. The lowest BCUT2D eigenvalue weighted by Crippen LogP contribution is -1.69. The minimum Gasteiger partial charge on any atom is -0.355 e. The van der Waals surface area contributed by atoms with E-state index in [0.29, 0.717) is 0 Å². The number of fused-ring (bicyclic) bond motifs is 3. The monoisotopic (exact) mass is 198 g/mol. The Balaban J connectivity index is 0.000000404. The maximum absolute atomic E-state index is 4.50. The number of para-hydroxylation sites is 2. The quantitative estimate of drug-likeness (QED) is 0.573. The fourth-order valence-corrected chi connectivity index (χ4v) is 1.80. The van der Waals surface area contributed by atoms with Crippen LogP contribution in [-0.4, -0.2) is 12.0 Å². The van der Waals surface area contributed by atoms with E-state index in [-0.39, 0.29) is 0 Å². The standard InChI is InChI=1S/C12H9N.CH5N/c1-3-7-11-9(5-1)10-6-2-4-8-12(10)13-11;1-2/h1-8,13H;2H2,1H3. The van der Waals surface area contributed by atoms with E-state index in [2.05, 4.69) is 59.2 Å². The molecule has 0 aliphatic carbocycles. The highest BCUT2D eigenvalue weighted by Gasteiger charge is 2.00. The molecule has 0 aliphatic rings. The summed E-state index contributed by atoms with van der Waals surface area (Å²) in [6, 6.07) is 16.8. The number of nitrogens with one attached hydrogen (secondary N) is 1. The van der Waals surface area contributed by atoms with E-state index < -0.39 is 0 Å². The zero-order valence-corrected chi connectivity index (χ0v) is 8.70. The summed E-state index contributed by atoms with van der Waals surface area (Å²) in [4.78, 5) is 3.38. The van der Waals surface area contributed by atoms with Gasteiger partial charge in [-0.3, -0.25) is 0 Å². The minimum absolute atomic E-state index is 1.21. The van der Waals surface area contributed by atoms with Crippen LogP contribution in [0.3, 0.4) is 0 Å². The van der Waals surface area contributed by atoms with Gasteiger partial charge in [-0.2, -0.15) is 0 Å². The molecule has 0 unspecified atom stereocenters. The van der Waals surface area contributed by atoms with Crippen molar-refractivity contribution < 1.29 is 0 Å². The number of aromatic amines is 1. The number of benzene rings is 2. The van der Waals surface area contributed by atoms with Gasteiger partial charge in [0.05, 0.1) is 0 Å². The molecule has 0 atom stereocenters. The first-order chi connectivity index (χ1) is 7.45. The number of hydrogen-bond donors (Lipinski definition) is 2. The van der Waals surface area contributed by atoms with Crippen LogP contribution >= 0.6 is 0 Å². The van der Waals surface area contributed by atoms with E-state index in [0.717, 1.165) is 0 Å². The molecule has 0 fully saturated rings. The Hall–Kier alpha value is -1.80. The molecule has 15 heavy (non-hydrogen) atoms. The summed E-state index contributed by atoms with van der Waals surface area (Å²) in [5.41, 5.74) is 6.92. The van der Waals surface area contributed by atoms with E-state index in [4.69, 9.17) is 0 Å². The highest BCUT2D eigenvalue weighted by atomic mass is 14.7. The van der Waals surface area contributed by atoms with Crippen LogP contribution in [0.4, 0.5) is 0 Å². The van der Waals surface area contributed by atoms with Crippen molar-refractivity contribution in [3.8, 4) is 0 Å². The van der Waals surface area contributed by atoms with Gasteiger partial charge < -0.3 is 10.7 Å². The van der Waals surface area contributed by atoms with Crippen molar-refractivity contribution in [2.75, 3.05) is 7.05 Å². The average Bonchev–Trinajstić information content (AvgIpc) is 2.70. The van der Waals surface area contributed by atoms with Gasteiger partial charge in [-0.1, -0.05) is 36.4 Å². The Kier molecular flexibility index (Phi) is 2.70. The first kappa shape index (κ1) is 9.74. The lowest BCUT2D eigenvalue weighted by molar-refractivity contribution is 1.48. The maximum atomic E-state index is 4.50. The molecule has 0 saturated heterocycles. The Morgan fingerprint density at radius 2 is 1.13 bits per heavy atom. The van der Waals surface area contributed by atoms with E-state index in [1.54, 1.807) is 0 Å². The molecule has 0 saturated carbocycles. The van der Waals surface area contributed by atoms with Gasteiger partial charge >= 0.3 is 0 Å². The van der Waals surface area contributed by atoms with Crippen LogP contribution in [0.1, 0.15) is 0 Å². The van der Waals surface area contributed by atoms with Gasteiger partial charge in [-0.15, -0.1) is 0 Å². The molecular formula is C13H14N2. The van der Waals surface area contributed by atoms with E-state index in [1.165, 1.54) is 28.9 Å². The Morgan fingerprint density at radius 1 is 0.733 bits per heavy atom. The van der Waals surface area contributed by atoms with Crippen LogP contribution in [0.25, 0.3) is 21.8 Å². The molecule has 2 aromatic carbocycles. The molecule has 0 amide bonds. The molecule has 76 valence electrons. The molecule has 0 aliphatic heterocycles. The Labute approximate surface area is 88.7 Å². The molecule has 1 aromatic heterocycles. The van der Waals surface area contributed by atoms with Crippen molar-refractivity contribution >= 4 is 21.8 Å². The second-order valence-electron chi connectivity index (χ2n) is 3.22. The van der Waals surface area contributed by atoms with Crippen molar-refractivity contribution in [1.29, 1.82) is 0 Å². The Morgan fingerprint density at radius 3 is 1.60 bits per heavy atom. The largest absolute Gasteiger partial charge is 0.355 e. The van der Waals surface area contributed by atoms with E-state index >= 15 is 0 Å². The molecule has 3 aromatic rings. The predicted octanol–water partition coefficient (Wildman–Crippen LogP) is 2.90. The zero-order chi connectivity index (χ0) is 10.7. The van der Waals surface area contributed by atoms with Crippen molar-refractivity contribution in [2.45, 2.75) is 0 Å². The normalized spacial score (nSPS) is 10.0. The summed E-state index contributed by atoms with van der Waals surface area (Å²) >= 11 is 0. The molecule has 0 bridgehead atoms. The molecule has 0 spiro atoms. The highest BCUT2D eigenvalue weighted by molar-refractivity contribution is 6.06. The van der Waals surface area contributed by atoms with E-state index in [1.807, 2.05) is 0 Å². The number of hydrogen-bond acceptors (Lipinski definition) is 1. The first-order valence-electron chi connectivity index (χ1n) is 4.98. The summed E-state index contributed by atoms with van der Waals surface area (Å²) in [6.07, 6.45) is 0. The maximum Gasteiger partial charge on any atom is 0.0464 e. The lowest BCUT2D eigenvalue weighted by atomic mass is 10.2. The van der Waals surface area contributed by atoms with Crippen LogP contribution in [0.15, 0.2) is 48.5 Å². The predicted molar refractivity (Wildman–Crippen MR) is 65.9 cm³/mol. The number of nitrogens with two attached hydrogens (primary N) is 1. The molecule has 3 rings (SSSR count). The summed E-state index contributed by atoms with van der Waals surface area (Å²) in [6.45, 7) is 0. The van der Waals surface area contributed by atoms with Crippen LogP contribution in [0, 0.1) is 0 Å².